The van der Waals surface area contributed by atoms with Gasteiger partial charge in [0.25, 0.3) is 0 Å². The van der Waals surface area contributed by atoms with Crippen LogP contribution in [-0.2, 0) is 19.1 Å². The van der Waals surface area contributed by atoms with Gasteiger partial charge in [-0.15, -0.1) is 0 Å². The van der Waals surface area contributed by atoms with E-state index in [1.54, 1.807) is 0 Å². The maximum Gasteiger partial charge on any atom is 0.306 e. The van der Waals surface area contributed by atoms with Crippen LogP contribution in [0.1, 0.15) is 399 Å². The minimum Gasteiger partial charge on any atom is -0.462 e. The highest BCUT2D eigenvalue weighted by molar-refractivity contribution is 5.70. The van der Waals surface area contributed by atoms with Crippen LogP contribution in [0.25, 0.3) is 0 Å². The molecule has 0 amide bonds. The van der Waals surface area contributed by atoms with Crippen molar-refractivity contribution < 1.29 is 24.2 Å². The Morgan fingerprint density at radius 2 is 0.500 bits per heavy atom. The molecule has 0 fully saturated rings. The summed E-state index contributed by atoms with van der Waals surface area (Å²) < 4.78 is 10.8. The number of ether oxygens (including phenoxy) is 2. The molecule has 0 rings (SSSR count). The van der Waals surface area contributed by atoms with Gasteiger partial charge in [-0.1, -0.05) is 358 Å². The molecule has 5 nitrogen and oxygen atoms in total. The smallest absolute Gasteiger partial charge is 0.306 e. The molecule has 0 aliphatic rings. The van der Waals surface area contributed by atoms with E-state index in [0.29, 0.717) is 12.8 Å². The quantitative estimate of drug-likeness (QED) is 0.0373. The Morgan fingerprint density at radius 3 is 0.762 bits per heavy atom. The van der Waals surface area contributed by atoms with Gasteiger partial charge in [0.1, 0.15) is 6.61 Å². The second-order valence-electron chi connectivity index (χ2n) is 24.7. The molecule has 0 spiro atoms. The standard InChI is InChI=1S/C75H140O5/c1-3-5-7-9-11-13-15-17-19-21-23-25-27-29-31-33-34-35-36-37-38-39-40-42-44-46-48-50-52-54-56-58-60-62-64-66-68-70-75(78)80-73(71-76)72-79-74(77)69-67-65-63-61-59-57-55-53-51-49-47-45-43-41-32-30-28-26-24-22-20-18-16-14-12-10-8-6-4-2/h15,17,21-24,27,29,73,76H,3-14,16,18-20,25-26,28,30-72H2,1-2H3/b17-15-,23-21-,24-22-,29-27-. The first-order valence-electron chi connectivity index (χ1n) is 36.2. The van der Waals surface area contributed by atoms with Gasteiger partial charge in [-0.2, -0.15) is 0 Å². The summed E-state index contributed by atoms with van der Waals surface area (Å²) in [5.74, 6) is -0.566. The first-order chi connectivity index (χ1) is 39.6. The lowest BCUT2D eigenvalue weighted by atomic mass is 10.0. The van der Waals surface area contributed by atoms with Crippen LogP contribution in [-0.4, -0.2) is 36.4 Å². The highest BCUT2D eigenvalue weighted by Gasteiger charge is 2.16. The summed E-state index contributed by atoms with van der Waals surface area (Å²) in [6.45, 7) is 4.19. The molecule has 0 aromatic rings. The van der Waals surface area contributed by atoms with Crippen molar-refractivity contribution in [3.63, 3.8) is 0 Å². The predicted molar refractivity (Wildman–Crippen MR) is 353 cm³/mol. The van der Waals surface area contributed by atoms with Crippen LogP contribution >= 0.6 is 0 Å². The van der Waals surface area contributed by atoms with Crippen LogP contribution in [0, 0.1) is 0 Å². The van der Waals surface area contributed by atoms with E-state index in [1.807, 2.05) is 0 Å². The van der Waals surface area contributed by atoms with Gasteiger partial charge >= 0.3 is 11.9 Å². The van der Waals surface area contributed by atoms with E-state index in [4.69, 9.17) is 9.47 Å². The van der Waals surface area contributed by atoms with Gasteiger partial charge in [0.15, 0.2) is 6.10 Å². The van der Waals surface area contributed by atoms with Gasteiger partial charge in [-0.25, -0.2) is 0 Å². The Hall–Kier alpha value is -2.14. The summed E-state index contributed by atoms with van der Waals surface area (Å²) in [7, 11) is 0. The van der Waals surface area contributed by atoms with E-state index in [-0.39, 0.29) is 25.2 Å². The predicted octanol–water partition coefficient (Wildman–Crippen LogP) is 25.1. The number of hydrogen-bond acceptors (Lipinski definition) is 5. The van der Waals surface area contributed by atoms with Crippen molar-refractivity contribution in [2.24, 2.45) is 0 Å². The zero-order valence-corrected chi connectivity index (χ0v) is 54.1. The molecule has 1 unspecified atom stereocenters. The molecule has 0 aliphatic heterocycles. The summed E-state index contributed by atoms with van der Waals surface area (Å²) in [4.78, 5) is 24.7. The molecular weight excluding hydrogens is 981 g/mol. The molecule has 1 N–H and O–H groups in total. The largest absolute Gasteiger partial charge is 0.462 e. The summed E-state index contributed by atoms with van der Waals surface area (Å²) in [6, 6.07) is 0. The van der Waals surface area contributed by atoms with Gasteiger partial charge in [0, 0.05) is 12.8 Å². The third kappa shape index (κ3) is 68.4. The minimum absolute atomic E-state index is 0.0599. The molecular formula is C75H140O5. The van der Waals surface area contributed by atoms with Crippen molar-refractivity contribution >= 4 is 11.9 Å². The number of carbonyl (C=O) groups excluding carboxylic acids is 2. The van der Waals surface area contributed by atoms with Gasteiger partial charge in [0.05, 0.1) is 6.61 Å². The average molecular weight is 1120 g/mol. The van der Waals surface area contributed by atoms with E-state index in [9.17, 15) is 14.7 Å². The van der Waals surface area contributed by atoms with Crippen molar-refractivity contribution in [1.29, 1.82) is 0 Å². The van der Waals surface area contributed by atoms with Crippen molar-refractivity contribution in [3.8, 4) is 0 Å². The van der Waals surface area contributed by atoms with E-state index < -0.39 is 6.10 Å². The van der Waals surface area contributed by atoms with Crippen molar-refractivity contribution in [2.45, 2.75) is 405 Å². The van der Waals surface area contributed by atoms with Crippen LogP contribution in [0.2, 0.25) is 0 Å². The molecule has 0 radical (unpaired) electrons. The van der Waals surface area contributed by atoms with Crippen LogP contribution < -0.4 is 0 Å². The summed E-state index contributed by atoms with van der Waals surface area (Å²) in [6.07, 6.45) is 95.9. The first-order valence-corrected chi connectivity index (χ1v) is 36.2. The third-order valence-corrected chi connectivity index (χ3v) is 16.6. The Bertz CT molecular complexity index is 1320. The van der Waals surface area contributed by atoms with E-state index >= 15 is 0 Å². The molecule has 470 valence electrons. The Morgan fingerprint density at radius 1 is 0.287 bits per heavy atom. The SMILES string of the molecule is CCCCCCC/C=C\C/C=C\C/C=C\CCCCCCCCCCCCCCCCCCCCCCCCC(=O)OC(CO)COC(=O)CCCCCCCCCCCCCCCCCCC/C=C\CCCCCCCCCC. The number of esters is 2. The zero-order valence-electron chi connectivity index (χ0n) is 54.1. The molecule has 0 saturated heterocycles. The molecule has 0 aromatic heterocycles. The van der Waals surface area contributed by atoms with Gasteiger partial charge < -0.3 is 14.6 Å². The summed E-state index contributed by atoms with van der Waals surface area (Å²) in [5, 5.41) is 9.71. The van der Waals surface area contributed by atoms with E-state index in [2.05, 4.69) is 62.5 Å². The van der Waals surface area contributed by atoms with Crippen molar-refractivity contribution in [3.05, 3.63) is 48.6 Å². The maximum atomic E-state index is 12.4. The lowest BCUT2D eigenvalue weighted by Crippen LogP contribution is -2.28. The number of allylic oxidation sites excluding steroid dienone is 8. The fourth-order valence-corrected chi connectivity index (χ4v) is 11.2. The number of rotatable bonds is 68. The topological polar surface area (TPSA) is 72.8 Å². The highest BCUT2D eigenvalue weighted by atomic mass is 16.6. The fraction of sp³-hybridized carbons (Fsp3) is 0.867. The lowest BCUT2D eigenvalue weighted by Gasteiger charge is -2.15. The molecule has 0 heterocycles. The van der Waals surface area contributed by atoms with Crippen molar-refractivity contribution in [2.75, 3.05) is 13.2 Å². The van der Waals surface area contributed by atoms with Gasteiger partial charge in [0.2, 0.25) is 0 Å². The first kappa shape index (κ1) is 77.9. The zero-order chi connectivity index (χ0) is 57.6. The fourth-order valence-electron chi connectivity index (χ4n) is 11.2. The summed E-state index contributed by atoms with van der Waals surface area (Å²) in [5.41, 5.74) is 0. The Kier molecular flexibility index (Phi) is 69.2. The molecule has 0 aromatic carbocycles. The molecule has 80 heavy (non-hydrogen) atoms. The lowest BCUT2D eigenvalue weighted by molar-refractivity contribution is -0.161. The van der Waals surface area contributed by atoms with Crippen molar-refractivity contribution in [1.82, 2.24) is 0 Å². The monoisotopic (exact) mass is 1120 g/mol. The van der Waals surface area contributed by atoms with Crippen LogP contribution in [0.5, 0.6) is 0 Å². The molecule has 5 heteroatoms. The van der Waals surface area contributed by atoms with E-state index in [1.165, 1.54) is 321 Å². The number of carbonyl (C=O) groups is 2. The van der Waals surface area contributed by atoms with Crippen LogP contribution in [0.4, 0.5) is 0 Å². The molecule has 0 aliphatic carbocycles. The summed E-state index contributed by atoms with van der Waals surface area (Å²) >= 11 is 0. The normalized spacial score (nSPS) is 12.4. The number of unbranched alkanes of at least 4 members (excludes halogenated alkanes) is 52. The highest BCUT2D eigenvalue weighted by Crippen LogP contribution is 2.19. The molecule has 0 saturated carbocycles. The number of aliphatic hydroxyl groups excluding tert-OH is 1. The second kappa shape index (κ2) is 71.1. The van der Waals surface area contributed by atoms with E-state index in [0.717, 1.165) is 51.4 Å². The second-order valence-corrected chi connectivity index (χ2v) is 24.7. The Labute approximate surface area is 500 Å². The average Bonchev–Trinajstić information content (AvgIpc) is 3.46. The van der Waals surface area contributed by atoms with Crippen LogP contribution in [0.3, 0.4) is 0 Å². The third-order valence-electron chi connectivity index (χ3n) is 16.6. The molecule has 0 bridgehead atoms. The van der Waals surface area contributed by atoms with Crippen LogP contribution in [0.15, 0.2) is 48.6 Å². The minimum atomic E-state index is -0.771. The van der Waals surface area contributed by atoms with Gasteiger partial charge in [-0.05, 0) is 77.0 Å². The van der Waals surface area contributed by atoms with Gasteiger partial charge in [-0.3, -0.25) is 9.59 Å². The number of hydrogen-bond donors (Lipinski definition) is 1. The maximum absolute atomic E-state index is 12.4. The Balaban J connectivity index is 3.39. The molecule has 1 atom stereocenters. The number of aliphatic hydroxyl groups is 1.